The van der Waals surface area contributed by atoms with Crippen LogP contribution in [0, 0.1) is 0 Å². The zero-order valence-electron chi connectivity index (χ0n) is 15.3. The van der Waals surface area contributed by atoms with Gasteiger partial charge in [-0.1, -0.05) is 42.1 Å². The second-order valence-electron chi connectivity index (χ2n) is 5.95. The van der Waals surface area contributed by atoms with Crippen molar-refractivity contribution in [3.8, 4) is 22.9 Å². The molecule has 0 bridgehead atoms. The van der Waals surface area contributed by atoms with Gasteiger partial charge in [-0.25, -0.2) is 4.98 Å². The monoisotopic (exact) mass is 403 g/mol. The number of hydrogen-bond acceptors (Lipinski definition) is 6. The van der Waals surface area contributed by atoms with Gasteiger partial charge in [-0.3, -0.25) is 14.9 Å². The number of aromatic amines is 1. The second-order valence-corrected chi connectivity index (χ2v) is 6.89. The molecule has 0 unspecified atom stereocenters. The molecule has 0 radical (unpaired) electrons. The summed E-state index contributed by atoms with van der Waals surface area (Å²) < 4.78 is 5.87. The highest BCUT2D eigenvalue weighted by atomic mass is 32.2. The van der Waals surface area contributed by atoms with Gasteiger partial charge in [0.1, 0.15) is 5.75 Å². The lowest BCUT2D eigenvalue weighted by atomic mass is 10.3. The fourth-order valence-electron chi connectivity index (χ4n) is 2.54. The van der Waals surface area contributed by atoms with Crippen LogP contribution in [-0.2, 0) is 4.79 Å². The molecule has 8 heteroatoms. The smallest absolute Gasteiger partial charge is 0.234 e. The molecule has 1 amide bonds. The van der Waals surface area contributed by atoms with Gasteiger partial charge in [0.25, 0.3) is 0 Å². The molecule has 144 valence electrons. The van der Waals surface area contributed by atoms with Gasteiger partial charge in [0.15, 0.2) is 11.6 Å². The van der Waals surface area contributed by atoms with E-state index in [1.807, 2.05) is 60.7 Å². The van der Waals surface area contributed by atoms with Crippen LogP contribution in [0.2, 0.25) is 0 Å². The average Bonchev–Trinajstić information content (AvgIpc) is 3.24. The van der Waals surface area contributed by atoms with Gasteiger partial charge in [0.2, 0.25) is 11.1 Å². The molecule has 2 N–H and O–H groups in total. The third kappa shape index (κ3) is 4.99. The van der Waals surface area contributed by atoms with Crippen LogP contribution in [0.1, 0.15) is 0 Å². The van der Waals surface area contributed by atoms with Crippen molar-refractivity contribution in [3.63, 3.8) is 0 Å². The molecule has 4 aromatic rings. The summed E-state index contributed by atoms with van der Waals surface area (Å²) in [5, 5.41) is 10.4. The maximum Gasteiger partial charge on any atom is 0.234 e. The molecule has 0 aliphatic rings. The Balaban J connectivity index is 1.36. The summed E-state index contributed by atoms with van der Waals surface area (Å²) in [5.74, 6) is 1.92. The lowest BCUT2D eigenvalue weighted by Crippen LogP contribution is -2.14. The van der Waals surface area contributed by atoms with Crippen LogP contribution in [0.3, 0.4) is 0 Å². The number of para-hydroxylation sites is 3. The molecular formula is C21H17N5O2S. The number of rotatable bonds is 7. The summed E-state index contributed by atoms with van der Waals surface area (Å²) in [7, 11) is 0. The van der Waals surface area contributed by atoms with Gasteiger partial charge in [-0.2, -0.15) is 0 Å². The van der Waals surface area contributed by atoms with Crippen LogP contribution in [-0.4, -0.2) is 31.8 Å². The van der Waals surface area contributed by atoms with Crippen molar-refractivity contribution in [2.24, 2.45) is 0 Å². The maximum atomic E-state index is 12.4. The summed E-state index contributed by atoms with van der Waals surface area (Å²) >= 11 is 1.25. The standard InChI is InChI=1S/C21H17N5O2S/c27-19(14-29-21-24-20(25-26-21)15-10-12-22-13-11-15)23-17-8-4-5-9-18(17)28-16-6-2-1-3-7-16/h1-13H,14H2,(H,23,27)(H,24,25,26). The Hall–Kier alpha value is -3.65. The molecule has 29 heavy (non-hydrogen) atoms. The number of carbonyl (C=O) groups excluding carboxylic acids is 1. The quantitative estimate of drug-likeness (QED) is 0.445. The molecule has 0 aliphatic carbocycles. The number of benzene rings is 2. The van der Waals surface area contributed by atoms with Crippen molar-refractivity contribution in [2.75, 3.05) is 11.1 Å². The molecule has 0 saturated carbocycles. The van der Waals surface area contributed by atoms with Crippen molar-refractivity contribution in [1.29, 1.82) is 0 Å². The zero-order valence-corrected chi connectivity index (χ0v) is 16.1. The summed E-state index contributed by atoms with van der Waals surface area (Å²) in [6.45, 7) is 0. The van der Waals surface area contributed by atoms with E-state index in [4.69, 9.17) is 4.74 Å². The van der Waals surface area contributed by atoms with Crippen molar-refractivity contribution >= 4 is 23.4 Å². The van der Waals surface area contributed by atoms with Gasteiger partial charge in [-0.15, -0.1) is 5.10 Å². The molecule has 0 aliphatic heterocycles. The Morgan fingerprint density at radius 3 is 2.59 bits per heavy atom. The van der Waals surface area contributed by atoms with Crippen LogP contribution in [0.15, 0.2) is 84.3 Å². The predicted octanol–water partition coefficient (Wildman–Crippen LogP) is 4.39. The highest BCUT2D eigenvalue weighted by molar-refractivity contribution is 7.99. The van der Waals surface area contributed by atoms with E-state index in [0.29, 0.717) is 28.2 Å². The number of amides is 1. The molecule has 4 rings (SSSR count). The second kappa shape index (κ2) is 9.03. The van der Waals surface area contributed by atoms with Crippen LogP contribution >= 0.6 is 11.8 Å². The first kappa shape index (κ1) is 18.7. The van der Waals surface area contributed by atoms with Crippen LogP contribution in [0.25, 0.3) is 11.4 Å². The third-order valence-corrected chi connectivity index (χ3v) is 4.73. The Morgan fingerprint density at radius 1 is 1.00 bits per heavy atom. The van der Waals surface area contributed by atoms with Crippen molar-refractivity contribution in [3.05, 3.63) is 79.1 Å². The van der Waals surface area contributed by atoms with E-state index in [0.717, 1.165) is 5.56 Å². The minimum Gasteiger partial charge on any atom is -0.455 e. The Kier molecular flexibility index (Phi) is 5.82. The topological polar surface area (TPSA) is 92.8 Å². The van der Waals surface area contributed by atoms with Crippen molar-refractivity contribution in [2.45, 2.75) is 5.16 Å². The molecular weight excluding hydrogens is 386 g/mol. The molecule has 0 saturated heterocycles. The van der Waals surface area contributed by atoms with Crippen LogP contribution in [0.4, 0.5) is 5.69 Å². The van der Waals surface area contributed by atoms with Crippen molar-refractivity contribution < 1.29 is 9.53 Å². The molecule has 2 aromatic heterocycles. The highest BCUT2D eigenvalue weighted by Gasteiger charge is 2.11. The minimum atomic E-state index is -0.172. The Labute approximate surface area is 171 Å². The number of carbonyl (C=O) groups is 1. The number of H-pyrrole nitrogens is 1. The largest absolute Gasteiger partial charge is 0.455 e. The first-order chi connectivity index (χ1) is 14.3. The SMILES string of the molecule is O=C(CSc1n[nH]c(-c2ccncc2)n1)Nc1ccccc1Oc1ccccc1. The predicted molar refractivity (Wildman–Crippen MR) is 112 cm³/mol. The van der Waals surface area contributed by atoms with Gasteiger partial charge >= 0.3 is 0 Å². The lowest BCUT2D eigenvalue weighted by Gasteiger charge is -2.11. The first-order valence-electron chi connectivity index (χ1n) is 8.85. The molecule has 7 nitrogen and oxygen atoms in total. The third-order valence-electron chi connectivity index (χ3n) is 3.88. The fraction of sp³-hybridized carbons (Fsp3) is 0.0476. The number of pyridine rings is 1. The summed E-state index contributed by atoms with van der Waals surface area (Å²) in [6, 6.07) is 20.4. The van der Waals surface area contributed by atoms with Crippen molar-refractivity contribution in [1.82, 2.24) is 20.2 Å². The number of aromatic nitrogens is 4. The van der Waals surface area contributed by atoms with Gasteiger partial charge in [-0.05, 0) is 36.4 Å². The fourth-order valence-corrected chi connectivity index (χ4v) is 3.14. The van der Waals surface area contributed by atoms with Gasteiger partial charge < -0.3 is 10.1 Å². The number of thioether (sulfide) groups is 1. The number of anilines is 1. The lowest BCUT2D eigenvalue weighted by molar-refractivity contribution is -0.113. The van der Waals surface area contributed by atoms with Gasteiger partial charge in [0.05, 0.1) is 11.4 Å². The van der Waals surface area contributed by atoms with E-state index in [1.165, 1.54) is 11.8 Å². The molecule has 0 fully saturated rings. The molecule has 2 aromatic carbocycles. The molecule has 0 atom stereocenters. The summed E-state index contributed by atoms with van der Waals surface area (Å²) in [5.41, 5.74) is 1.49. The Bertz CT molecular complexity index is 1090. The summed E-state index contributed by atoms with van der Waals surface area (Å²) in [4.78, 5) is 20.8. The van der Waals surface area contributed by atoms with Crippen LogP contribution in [0.5, 0.6) is 11.5 Å². The van der Waals surface area contributed by atoms with Gasteiger partial charge in [0, 0.05) is 18.0 Å². The normalized spacial score (nSPS) is 10.5. The number of nitrogens with one attached hydrogen (secondary N) is 2. The van der Waals surface area contributed by atoms with Crippen LogP contribution < -0.4 is 10.1 Å². The van der Waals surface area contributed by atoms with E-state index in [9.17, 15) is 4.79 Å². The minimum absolute atomic E-state index is 0.172. The van der Waals surface area contributed by atoms with E-state index in [1.54, 1.807) is 18.5 Å². The first-order valence-corrected chi connectivity index (χ1v) is 9.84. The summed E-state index contributed by atoms with van der Waals surface area (Å²) in [6.07, 6.45) is 3.38. The maximum absolute atomic E-state index is 12.4. The average molecular weight is 403 g/mol. The van der Waals surface area contributed by atoms with E-state index >= 15 is 0 Å². The number of hydrogen-bond donors (Lipinski definition) is 2. The van der Waals surface area contributed by atoms with E-state index in [2.05, 4.69) is 25.5 Å². The van der Waals surface area contributed by atoms with E-state index < -0.39 is 0 Å². The highest BCUT2D eigenvalue weighted by Crippen LogP contribution is 2.29. The molecule has 2 heterocycles. The zero-order chi connectivity index (χ0) is 19.9. The number of nitrogens with zero attached hydrogens (tertiary/aromatic N) is 3. The Morgan fingerprint density at radius 2 is 1.76 bits per heavy atom. The number of ether oxygens (including phenoxy) is 1. The van der Waals surface area contributed by atoms with E-state index in [-0.39, 0.29) is 11.7 Å². The molecule has 0 spiro atoms.